The highest BCUT2D eigenvalue weighted by Gasteiger charge is 2.45. The third kappa shape index (κ3) is 7.14. The van der Waals surface area contributed by atoms with Crippen LogP contribution in [0.4, 0.5) is 4.79 Å². The van der Waals surface area contributed by atoms with E-state index in [1.165, 1.54) is 14.0 Å². The number of alkyl carbamates (subject to hydrolysis) is 1. The van der Waals surface area contributed by atoms with Gasteiger partial charge in [0.1, 0.15) is 37.0 Å². The number of nitrogens with one attached hydrogen (secondary N) is 3. The van der Waals surface area contributed by atoms with Crippen molar-refractivity contribution in [2.24, 2.45) is 0 Å². The molecular formula is C20H29N3O9. The molecule has 2 rings (SSSR count). The highest BCUT2D eigenvalue weighted by molar-refractivity contribution is 5.85. The van der Waals surface area contributed by atoms with Crippen LogP contribution in [-0.4, -0.2) is 90.2 Å². The number of carbonyl (C=O) groups is 3. The molecule has 6 atom stereocenters. The molecular weight excluding hydrogens is 426 g/mol. The van der Waals surface area contributed by atoms with Gasteiger partial charge in [-0.25, -0.2) is 4.79 Å². The molecule has 1 aromatic carbocycles. The first-order valence-corrected chi connectivity index (χ1v) is 9.96. The number of hydrogen-bond acceptors (Lipinski definition) is 9. The van der Waals surface area contributed by atoms with Crippen molar-refractivity contribution in [1.29, 1.82) is 0 Å². The average molecular weight is 455 g/mol. The second kappa shape index (κ2) is 12.3. The molecule has 3 amide bonds. The Morgan fingerprint density at radius 2 is 1.84 bits per heavy atom. The smallest absolute Gasteiger partial charge is 0.408 e. The molecule has 1 saturated heterocycles. The summed E-state index contributed by atoms with van der Waals surface area (Å²) >= 11 is 0. The van der Waals surface area contributed by atoms with Crippen LogP contribution in [0.5, 0.6) is 0 Å². The maximum atomic E-state index is 12.2. The maximum absolute atomic E-state index is 12.2. The molecule has 1 aliphatic rings. The number of amides is 3. The first-order valence-electron chi connectivity index (χ1n) is 9.96. The first kappa shape index (κ1) is 25.5. The second-order valence-electron chi connectivity index (χ2n) is 7.14. The zero-order valence-electron chi connectivity index (χ0n) is 17.8. The SMILES string of the molecule is CNC(=O)C(COC1OC(CO)C(O)C(O)C1NC(C)=O)NC(=O)OCc1ccccc1. The number of ether oxygens (including phenoxy) is 3. The normalized spacial score (nSPS) is 26.0. The van der Waals surface area contributed by atoms with Gasteiger partial charge in [-0.2, -0.15) is 0 Å². The van der Waals surface area contributed by atoms with Crippen LogP contribution in [0.25, 0.3) is 0 Å². The van der Waals surface area contributed by atoms with Crippen molar-refractivity contribution < 1.29 is 43.9 Å². The topological polar surface area (TPSA) is 176 Å². The van der Waals surface area contributed by atoms with Crippen LogP contribution in [0, 0.1) is 0 Å². The van der Waals surface area contributed by atoms with E-state index in [9.17, 15) is 29.7 Å². The average Bonchev–Trinajstić information content (AvgIpc) is 2.79. The van der Waals surface area contributed by atoms with E-state index in [1.807, 2.05) is 6.07 Å². The van der Waals surface area contributed by atoms with E-state index in [0.717, 1.165) is 5.56 Å². The van der Waals surface area contributed by atoms with Crippen LogP contribution >= 0.6 is 0 Å². The molecule has 0 spiro atoms. The molecule has 6 N–H and O–H groups in total. The van der Waals surface area contributed by atoms with Crippen LogP contribution in [-0.2, 0) is 30.4 Å². The van der Waals surface area contributed by atoms with Gasteiger partial charge in [0.05, 0.1) is 13.2 Å². The Balaban J connectivity index is 2.01. The van der Waals surface area contributed by atoms with Gasteiger partial charge in [-0.05, 0) is 5.56 Å². The van der Waals surface area contributed by atoms with Gasteiger partial charge in [0.15, 0.2) is 6.29 Å². The van der Waals surface area contributed by atoms with E-state index in [0.29, 0.717) is 0 Å². The van der Waals surface area contributed by atoms with Crippen molar-refractivity contribution >= 4 is 17.9 Å². The monoisotopic (exact) mass is 455 g/mol. The van der Waals surface area contributed by atoms with Crippen LogP contribution in [0.15, 0.2) is 30.3 Å². The van der Waals surface area contributed by atoms with Crippen LogP contribution in [0.1, 0.15) is 12.5 Å². The van der Waals surface area contributed by atoms with Gasteiger partial charge in [0.2, 0.25) is 11.8 Å². The minimum Gasteiger partial charge on any atom is -0.445 e. The molecule has 1 aromatic rings. The Hall–Kier alpha value is -2.77. The first-order chi connectivity index (χ1) is 15.3. The van der Waals surface area contributed by atoms with E-state index in [2.05, 4.69) is 16.0 Å². The van der Waals surface area contributed by atoms with Gasteiger partial charge in [-0.1, -0.05) is 30.3 Å². The number of carbonyl (C=O) groups excluding carboxylic acids is 3. The van der Waals surface area contributed by atoms with Crippen molar-refractivity contribution in [2.45, 2.75) is 50.2 Å². The molecule has 1 heterocycles. The van der Waals surface area contributed by atoms with Gasteiger partial charge in [-0.15, -0.1) is 0 Å². The summed E-state index contributed by atoms with van der Waals surface area (Å²) in [5.41, 5.74) is 0.756. The van der Waals surface area contributed by atoms with E-state index in [4.69, 9.17) is 14.2 Å². The lowest BCUT2D eigenvalue weighted by Gasteiger charge is -2.42. The zero-order valence-corrected chi connectivity index (χ0v) is 17.8. The van der Waals surface area contributed by atoms with Crippen molar-refractivity contribution in [2.75, 3.05) is 20.3 Å². The summed E-state index contributed by atoms with van der Waals surface area (Å²) < 4.78 is 16.1. The maximum Gasteiger partial charge on any atom is 0.408 e. The summed E-state index contributed by atoms with van der Waals surface area (Å²) in [6.07, 6.45) is -6.33. The van der Waals surface area contributed by atoms with Crippen molar-refractivity contribution in [3.05, 3.63) is 35.9 Å². The van der Waals surface area contributed by atoms with Gasteiger partial charge in [0, 0.05) is 14.0 Å². The lowest BCUT2D eigenvalue weighted by molar-refractivity contribution is -0.270. The van der Waals surface area contributed by atoms with Gasteiger partial charge in [0.25, 0.3) is 0 Å². The number of aliphatic hydroxyl groups excluding tert-OH is 3. The summed E-state index contributed by atoms with van der Waals surface area (Å²) in [5, 5.41) is 36.9. The lowest BCUT2D eigenvalue weighted by Crippen LogP contribution is -2.65. The Kier molecular flexibility index (Phi) is 9.81. The molecule has 1 fully saturated rings. The predicted molar refractivity (Wildman–Crippen MR) is 109 cm³/mol. The lowest BCUT2D eigenvalue weighted by atomic mass is 9.97. The van der Waals surface area contributed by atoms with E-state index >= 15 is 0 Å². The molecule has 0 radical (unpaired) electrons. The number of aliphatic hydroxyl groups is 3. The van der Waals surface area contributed by atoms with Crippen molar-refractivity contribution in [1.82, 2.24) is 16.0 Å². The second-order valence-corrected chi connectivity index (χ2v) is 7.14. The molecule has 6 unspecified atom stereocenters. The van der Waals surface area contributed by atoms with Crippen LogP contribution in [0.3, 0.4) is 0 Å². The standard InChI is InChI=1S/C20H29N3O9/c1-11(25)22-15-17(27)16(26)14(8-24)32-19(15)30-10-13(18(28)21-2)23-20(29)31-9-12-6-4-3-5-7-12/h3-7,13-17,19,24,26-27H,8-10H2,1-2H3,(H,21,28)(H,22,25)(H,23,29). The van der Waals surface area contributed by atoms with E-state index < -0.39 is 67.8 Å². The summed E-state index contributed by atoms with van der Waals surface area (Å²) in [5.74, 6) is -1.11. The Labute approximate surface area is 184 Å². The van der Waals surface area contributed by atoms with Crippen LogP contribution in [0.2, 0.25) is 0 Å². The fourth-order valence-electron chi connectivity index (χ4n) is 3.07. The Morgan fingerprint density at radius 1 is 1.16 bits per heavy atom. The van der Waals surface area contributed by atoms with E-state index in [1.54, 1.807) is 24.3 Å². The predicted octanol–water partition coefficient (Wildman–Crippen LogP) is -2.01. The van der Waals surface area contributed by atoms with Gasteiger partial charge in [-0.3, -0.25) is 9.59 Å². The molecule has 0 aromatic heterocycles. The number of benzene rings is 1. The largest absolute Gasteiger partial charge is 0.445 e. The fraction of sp³-hybridized carbons (Fsp3) is 0.550. The molecule has 12 nitrogen and oxygen atoms in total. The Morgan fingerprint density at radius 3 is 2.44 bits per heavy atom. The van der Waals surface area contributed by atoms with Gasteiger partial charge < -0.3 is 45.5 Å². The van der Waals surface area contributed by atoms with Gasteiger partial charge >= 0.3 is 6.09 Å². The highest BCUT2D eigenvalue weighted by Crippen LogP contribution is 2.22. The van der Waals surface area contributed by atoms with Crippen molar-refractivity contribution in [3.63, 3.8) is 0 Å². The zero-order chi connectivity index (χ0) is 23.7. The number of likely N-dealkylation sites (N-methyl/N-ethyl adjacent to an activating group) is 1. The number of rotatable bonds is 9. The third-order valence-corrected chi connectivity index (χ3v) is 4.75. The summed E-state index contributed by atoms with van der Waals surface area (Å²) in [4.78, 5) is 35.8. The molecule has 1 aliphatic heterocycles. The molecule has 32 heavy (non-hydrogen) atoms. The molecule has 12 heteroatoms. The van der Waals surface area contributed by atoms with Crippen molar-refractivity contribution in [3.8, 4) is 0 Å². The fourth-order valence-corrected chi connectivity index (χ4v) is 3.07. The Bertz CT molecular complexity index is 764. The molecule has 178 valence electrons. The summed E-state index contributed by atoms with van der Waals surface area (Å²) in [6.45, 7) is 0.161. The summed E-state index contributed by atoms with van der Waals surface area (Å²) in [7, 11) is 1.37. The van der Waals surface area contributed by atoms with E-state index in [-0.39, 0.29) is 6.61 Å². The highest BCUT2D eigenvalue weighted by atomic mass is 16.7. The molecule has 0 saturated carbocycles. The number of hydrogen-bond donors (Lipinski definition) is 6. The summed E-state index contributed by atoms with van der Waals surface area (Å²) in [6, 6.07) is 6.57. The molecule has 0 bridgehead atoms. The third-order valence-electron chi connectivity index (χ3n) is 4.75. The molecule has 0 aliphatic carbocycles. The minimum atomic E-state index is -1.50. The quantitative estimate of drug-likeness (QED) is 0.246. The minimum absolute atomic E-state index is 0.00734. The van der Waals surface area contributed by atoms with Crippen LogP contribution < -0.4 is 16.0 Å².